The summed E-state index contributed by atoms with van der Waals surface area (Å²) in [6.07, 6.45) is 4.82. The molecule has 0 bridgehead atoms. The minimum atomic E-state index is 0.457. The summed E-state index contributed by atoms with van der Waals surface area (Å²) < 4.78 is 11.4. The third-order valence-corrected chi connectivity index (χ3v) is 4.01. The van der Waals surface area contributed by atoms with Crippen LogP contribution in [0.15, 0.2) is 42.5 Å². The van der Waals surface area contributed by atoms with Crippen LogP contribution in [0.1, 0.15) is 32.6 Å². The van der Waals surface area contributed by atoms with Gasteiger partial charge in [-0.3, -0.25) is 0 Å². The van der Waals surface area contributed by atoms with Gasteiger partial charge in [0.1, 0.15) is 18.6 Å². The Morgan fingerprint density at radius 2 is 1.83 bits per heavy atom. The van der Waals surface area contributed by atoms with Gasteiger partial charge in [0, 0.05) is 13.0 Å². The summed E-state index contributed by atoms with van der Waals surface area (Å²) in [4.78, 5) is 10.6. The van der Waals surface area contributed by atoms with Gasteiger partial charge in [0.25, 0.3) is 0 Å². The van der Waals surface area contributed by atoms with Crippen LogP contribution in [0.2, 0.25) is 0 Å². The fraction of sp³-hybridized carbons (Fsp3) is 0.450. The molecule has 0 heterocycles. The quantitative estimate of drug-likeness (QED) is 0.448. The summed E-state index contributed by atoms with van der Waals surface area (Å²) in [5, 5.41) is 2.40. The maximum absolute atomic E-state index is 10.6. The van der Waals surface area contributed by atoms with Crippen LogP contribution >= 0.6 is 0 Å². The summed E-state index contributed by atoms with van der Waals surface area (Å²) in [5.41, 5.74) is 0. The second kappa shape index (κ2) is 10.0. The smallest absolute Gasteiger partial charge is 0.120 e. The van der Waals surface area contributed by atoms with Crippen molar-refractivity contribution in [2.24, 2.45) is 5.92 Å². The van der Waals surface area contributed by atoms with Gasteiger partial charge in [-0.15, -0.1) is 0 Å². The van der Waals surface area contributed by atoms with E-state index in [1.807, 2.05) is 18.2 Å². The Kier molecular flexibility index (Phi) is 7.61. The van der Waals surface area contributed by atoms with Crippen LogP contribution in [0.5, 0.6) is 5.75 Å². The molecular formula is C20H26O3. The first-order valence-corrected chi connectivity index (χ1v) is 8.46. The molecule has 1 unspecified atom stereocenters. The van der Waals surface area contributed by atoms with Gasteiger partial charge >= 0.3 is 0 Å². The molecule has 0 amide bonds. The van der Waals surface area contributed by atoms with Crippen LogP contribution in [-0.2, 0) is 9.53 Å². The molecule has 2 rings (SSSR count). The molecule has 23 heavy (non-hydrogen) atoms. The predicted octanol–water partition coefficient (Wildman–Crippen LogP) is 4.63. The maximum Gasteiger partial charge on any atom is 0.120 e. The van der Waals surface area contributed by atoms with Crippen molar-refractivity contribution < 1.29 is 14.3 Å². The summed E-state index contributed by atoms with van der Waals surface area (Å²) in [6.45, 7) is 3.97. The van der Waals surface area contributed by atoms with Crippen LogP contribution in [0.4, 0.5) is 0 Å². The molecule has 0 aliphatic rings. The largest absolute Gasteiger partial charge is 0.491 e. The molecule has 1 atom stereocenters. The van der Waals surface area contributed by atoms with Crippen LogP contribution in [-0.4, -0.2) is 26.1 Å². The van der Waals surface area contributed by atoms with Gasteiger partial charge < -0.3 is 14.3 Å². The van der Waals surface area contributed by atoms with Crippen molar-refractivity contribution in [3.63, 3.8) is 0 Å². The van der Waals surface area contributed by atoms with E-state index in [9.17, 15) is 4.79 Å². The highest BCUT2D eigenvalue weighted by atomic mass is 16.5. The molecule has 0 saturated carbocycles. The molecular weight excluding hydrogens is 288 g/mol. The number of aldehydes is 1. The third-order valence-electron chi connectivity index (χ3n) is 4.01. The van der Waals surface area contributed by atoms with Gasteiger partial charge in [-0.25, -0.2) is 0 Å². The SMILES string of the molecule is CCCC(CC=O)CCOCCOc1ccc2ccccc2c1. The molecule has 3 nitrogen and oxygen atoms in total. The molecule has 0 spiro atoms. The molecule has 0 N–H and O–H groups in total. The lowest BCUT2D eigenvalue weighted by molar-refractivity contribution is -0.108. The standard InChI is InChI=1S/C20H26O3/c1-2-5-17(10-12-21)11-13-22-14-15-23-20-9-8-18-6-3-4-7-19(18)16-20/h3-4,6-9,12,16-17H,2,5,10-11,13-15H2,1H3. The van der Waals surface area contributed by atoms with E-state index in [0.29, 0.717) is 32.2 Å². The Morgan fingerprint density at radius 3 is 2.61 bits per heavy atom. The zero-order chi connectivity index (χ0) is 16.3. The van der Waals surface area contributed by atoms with E-state index in [-0.39, 0.29) is 0 Å². The van der Waals surface area contributed by atoms with Crippen molar-refractivity contribution in [2.75, 3.05) is 19.8 Å². The number of benzene rings is 2. The van der Waals surface area contributed by atoms with Gasteiger partial charge in [-0.1, -0.05) is 50.1 Å². The van der Waals surface area contributed by atoms with E-state index in [1.54, 1.807) is 0 Å². The number of fused-ring (bicyclic) bond motifs is 1. The Hall–Kier alpha value is -1.87. The lowest BCUT2D eigenvalue weighted by Gasteiger charge is -2.13. The number of carbonyl (C=O) groups excluding carboxylic acids is 1. The van der Waals surface area contributed by atoms with E-state index < -0.39 is 0 Å². The zero-order valence-electron chi connectivity index (χ0n) is 13.9. The van der Waals surface area contributed by atoms with E-state index in [4.69, 9.17) is 9.47 Å². The molecule has 3 heteroatoms. The van der Waals surface area contributed by atoms with Crippen LogP contribution in [0.3, 0.4) is 0 Å². The van der Waals surface area contributed by atoms with E-state index in [0.717, 1.165) is 31.3 Å². The fourth-order valence-corrected chi connectivity index (χ4v) is 2.75. The average molecular weight is 314 g/mol. The van der Waals surface area contributed by atoms with Crippen molar-refractivity contribution in [1.29, 1.82) is 0 Å². The number of carbonyl (C=O) groups is 1. The predicted molar refractivity (Wildman–Crippen MR) is 94.0 cm³/mol. The average Bonchev–Trinajstić information content (AvgIpc) is 2.58. The summed E-state index contributed by atoms with van der Waals surface area (Å²) in [5.74, 6) is 1.33. The molecule has 0 radical (unpaired) electrons. The minimum absolute atomic E-state index is 0.457. The van der Waals surface area contributed by atoms with E-state index in [2.05, 4.69) is 31.2 Å². The van der Waals surface area contributed by atoms with Gasteiger partial charge in [0.15, 0.2) is 0 Å². The van der Waals surface area contributed by atoms with Gasteiger partial charge in [0.2, 0.25) is 0 Å². The Balaban J connectivity index is 1.65. The number of hydrogen-bond acceptors (Lipinski definition) is 3. The summed E-state index contributed by atoms with van der Waals surface area (Å²) in [7, 11) is 0. The van der Waals surface area contributed by atoms with Gasteiger partial charge in [-0.05, 0) is 35.2 Å². The minimum Gasteiger partial charge on any atom is -0.491 e. The first-order chi connectivity index (χ1) is 11.3. The fourth-order valence-electron chi connectivity index (χ4n) is 2.75. The molecule has 124 valence electrons. The van der Waals surface area contributed by atoms with Gasteiger partial charge in [-0.2, -0.15) is 0 Å². The Labute approximate surface area is 138 Å². The van der Waals surface area contributed by atoms with Crippen molar-refractivity contribution in [3.05, 3.63) is 42.5 Å². The molecule has 0 saturated heterocycles. The number of hydrogen-bond donors (Lipinski definition) is 0. The molecule has 2 aromatic rings. The van der Waals surface area contributed by atoms with E-state index >= 15 is 0 Å². The Bertz CT molecular complexity index is 594. The Morgan fingerprint density at radius 1 is 1.00 bits per heavy atom. The van der Waals surface area contributed by atoms with Crippen molar-refractivity contribution in [3.8, 4) is 5.75 Å². The molecule has 0 fully saturated rings. The summed E-state index contributed by atoms with van der Waals surface area (Å²) in [6, 6.07) is 14.4. The van der Waals surface area contributed by atoms with Crippen molar-refractivity contribution >= 4 is 17.1 Å². The highest BCUT2D eigenvalue weighted by Gasteiger charge is 2.06. The second-order valence-electron chi connectivity index (χ2n) is 5.82. The molecule has 0 aliphatic carbocycles. The number of ether oxygens (including phenoxy) is 2. The van der Waals surface area contributed by atoms with Crippen LogP contribution in [0, 0.1) is 5.92 Å². The van der Waals surface area contributed by atoms with Gasteiger partial charge in [0.05, 0.1) is 6.61 Å². The monoisotopic (exact) mass is 314 g/mol. The topological polar surface area (TPSA) is 35.5 Å². The number of rotatable bonds is 11. The lowest BCUT2D eigenvalue weighted by atomic mass is 9.97. The highest BCUT2D eigenvalue weighted by molar-refractivity contribution is 5.83. The maximum atomic E-state index is 10.6. The first-order valence-electron chi connectivity index (χ1n) is 8.46. The second-order valence-corrected chi connectivity index (χ2v) is 5.82. The summed E-state index contributed by atoms with van der Waals surface area (Å²) >= 11 is 0. The lowest BCUT2D eigenvalue weighted by Crippen LogP contribution is -2.11. The van der Waals surface area contributed by atoms with E-state index in [1.165, 1.54) is 10.8 Å². The molecule has 0 aliphatic heterocycles. The zero-order valence-corrected chi connectivity index (χ0v) is 13.9. The first kappa shape index (κ1) is 17.5. The highest BCUT2D eigenvalue weighted by Crippen LogP contribution is 2.20. The van der Waals surface area contributed by atoms with Crippen molar-refractivity contribution in [1.82, 2.24) is 0 Å². The third kappa shape index (κ3) is 6.03. The molecule has 2 aromatic carbocycles. The van der Waals surface area contributed by atoms with Crippen molar-refractivity contribution in [2.45, 2.75) is 32.6 Å². The van der Waals surface area contributed by atoms with Crippen LogP contribution < -0.4 is 4.74 Å². The normalized spacial score (nSPS) is 12.2. The molecule has 0 aromatic heterocycles. The van der Waals surface area contributed by atoms with Crippen LogP contribution in [0.25, 0.3) is 10.8 Å².